The summed E-state index contributed by atoms with van der Waals surface area (Å²) < 4.78 is 11.8. The molecule has 5 heteroatoms. The van der Waals surface area contributed by atoms with E-state index in [9.17, 15) is 4.79 Å². The van der Waals surface area contributed by atoms with E-state index in [1.165, 1.54) is 12.8 Å². The Kier molecular flexibility index (Phi) is 8.19. The second-order valence-corrected chi connectivity index (χ2v) is 7.93. The molecule has 1 aromatic carbocycles. The predicted molar refractivity (Wildman–Crippen MR) is 104 cm³/mol. The molecule has 0 fully saturated rings. The summed E-state index contributed by atoms with van der Waals surface area (Å²) in [5.41, 5.74) is 0.864. The topological polar surface area (TPSA) is 39.4 Å². The largest absolute Gasteiger partial charge is 0.465 e. The molecule has 0 aliphatic rings. The molecule has 0 radical (unpaired) electrons. The first-order valence-electron chi connectivity index (χ1n) is 8.59. The normalized spacial score (nSPS) is 12.5. The molecule has 0 spiro atoms. The quantitative estimate of drug-likeness (QED) is 0.332. The van der Waals surface area contributed by atoms with Gasteiger partial charge in [0, 0.05) is 20.5 Å². The molecule has 1 heterocycles. The van der Waals surface area contributed by atoms with Gasteiger partial charge in [-0.15, -0.1) is 11.8 Å². The third kappa shape index (κ3) is 5.85. The molecule has 0 bridgehead atoms. The second-order valence-electron chi connectivity index (χ2n) is 5.94. The van der Waals surface area contributed by atoms with Crippen molar-refractivity contribution in [2.45, 2.75) is 50.8 Å². The molecule has 0 aliphatic carbocycles. The zero-order valence-corrected chi connectivity index (χ0v) is 16.7. The van der Waals surface area contributed by atoms with Gasteiger partial charge in [0.2, 0.25) is 0 Å². The third-order valence-electron chi connectivity index (χ3n) is 4.09. The van der Waals surface area contributed by atoms with Crippen molar-refractivity contribution >= 4 is 44.6 Å². The molecule has 132 valence electrons. The first-order valence-corrected chi connectivity index (χ1v) is 10.4. The predicted octanol–water partition coefficient (Wildman–Crippen LogP) is 6.44. The van der Waals surface area contributed by atoms with Gasteiger partial charge in [-0.2, -0.15) is 0 Å². The Bertz CT molecular complexity index is 653. The zero-order chi connectivity index (χ0) is 17.4. The molecule has 2 aromatic rings. The lowest BCUT2D eigenvalue weighted by atomic mass is 10.0. The Balaban J connectivity index is 1.74. The SMILES string of the molecule is CCCCC(CC)COC(=O)CCSc1cc2ccoc2cc1Br. The van der Waals surface area contributed by atoms with E-state index in [2.05, 4.69) is 35.8 Å². The highest BCUT2D eigenvalue weighted by atomic mass is 79.9. The van der Waals surface area contributed by atoms with Crippen LogP contribution in [0.25, 0.3) is 11.0 Å². The average molecular weight is 413 g/mol. The fourth-order valence-electron chi connectivity index (χ4n) is 2.50. The monoisotopic (exact) mass is 412 g/mol. The van der Waals surface area contributed by atoms with Gasteiger partial charge in [-0.05, 0) is 46.5 Å². The van der Waals surface area contributed by atoms with E-state index in [-0.39, 0.29) is 5.97 Å². The minimum atomic E-state index is -0.0991. The Morgan fingerprint density at radius 1 is 1.38 bits per heavy atom. The average Bonchev–Trinajstić information content (AvgIpc) is 3.02. The van der Waals surface area contributed by atoms with Crippen LogP contribution in [0.5, 0.6) is 0 Å². The number of rotatable bonds is 10. The van der Waals surface area contributed by atoms with Crippen molar-refractivity contribution in [3.63, 3.8) is 0 Å². The van der Waals surface area contributed by atoms with Crippen LogP contribution >= 0.6 is 27.7 Å². The molecule has 3 nitrogen and oxygen atoms in total. The van der Waals surface area contributed by atoms with E-state index < -0.39 is 0 Å². The second kappa shape index (κ2) is 10.1. The minimum Gasteiger partial charge on any atom is -0.465 e. The lowest BCUT2D eigenvalue weighted by molar-refractivity contribution is -0.144. The maximum absolute atomic E-state index is 11.9. The maximum Gasteiger partial charge on any atom is 0.306 e. The van der Waals surface area contributed by atoms with Crippen LogP contribution in [0.3, 0.4) is 0 Å². The Morgan fingerprint density at radius 2 is 2.21 bits per heavy atom. The molecule has 1 unspecified atom stereocenters. The number of furan rings is 1. The molecule has 0 saturated carbocycles. The number of fused-ring (bicyclic) bond motifs is 1. The van der Waals surface area contributed by atoms with Crippen LogP contribution in [0, 0.1) is 5.92 Å². The summed E-state index contributed by atoms with van der Waals surface area (Å²) in [5, 5.41) is 1.07. The molecule has 1 atom stereocenters. The molecule has 0 N–H and O–H groups in total. The number of hydrogen-bond donors (Lipinski definition) is 0. The lowest BCUT2D eigenvalue weighted by Crippen LogP contribution is -2.14. The maximum atomic E-state index is 11.9. The summed E-state index contributed by atoms with van der Waals surface area (Å²) in [6.07, 6.45) is 6.73. The van der Waals surface area contributed by atoms with Gasteiger partial charge in [-0.3, -0.25) is 4.79 Å². The number of hydrogen-bond acceptors (Lipinski definition) is 4. The van der Waals surface area contributed by atoms with Gasteiger partial charge < -0.3 is 9.15 Å². The summed E-state index contributed by atoms with van der Waals surface area (Å²) in [6, 6.07) is 5.99. The van der Waals surface area contributed by atoms with E-state index in [4.69, 9.17) is 9.15 Å². The van der Waals surface area contributed by atoms with E-state index >= 15 is 0 Å². The molecule has 2 rings (SSSR count). The highest BCUT2D eigenvalue weighted by Gasteiger charge is 2.11. The smallest absolute Gasteiger partial charge is 0.306 e. The summed E-state index contributed by atoms with van der Waals surface area (Å²) in [7, 11) is 0. The van der Waals surface area contributed by atoms with Gasteiger partial charge in [0.05, 0.1) is 19.3 Å². The Morgan fingerprint density at radius 3 is 2.96 bits per heavy atom. The van der Waals surface area contributed by atoms with E-state index in [1.54, 1.807) is 18.0 Å². The van der Waals surface area contributed by atoms with Crippen LogP contribution in [0.2, 0.25) is 0 Å². The fourth-order valence-corrected chi connectivity index (χ4v) is 4.06. The summed E-state index contributed by atoms with van der Waals surface area (Å²) in [4.78, 5) is 13.0. The third-order valence-corrected chi connectivity index (χ3v) is 6.07. The highest BCUT2D eigenvalue weighted by Crippen LogP contribution is 2.32. The van der Waals surface area contributed by atoms with Crippen molar-refractivity contribution in [3.05, 3.63) is 28.9 Å². The van der Waals surface area contributed by atoms with Gasteiger partial charge in [-0.25, -0.2) is 0 Å². The lowest BCUT2D eigenvalue weighted by Gasteiger charge is -2.14. The van der Waals surface area contributed by atoms with Gasteiger partial charge in [0.1, 0.15) is 5.58 Å². The van der Waals surface area contributed by atoms with Gasteiger partial charge in [-0.1, -0.05) is 33.1 Å². The van der Waals surface area contributed by atoms with Crippen LogP contribution in [0.1, 0.15) is 46.0 Å². The molecular weight excluding hydrogens is 388 g/mol. The van der Waals surface area contributed by atoms with Crippen LogP contribution < -0.4 is 0 Å². The molecule has 24 heavy (non-hydrogen) atoms. The van der Waals surface area contributed by atoms with Crippen molar-refractivity contribution in [1.29, 1.82) is 0 Å². The first kappa shape index (κ1) is 19.4. The van der Waals surface area contributed by atoms with Crippen LogP contribution in [-0.4, -0.2) is 18.3 Å². The number of carbonyl (C=O) groups is 1. The van der Waals surface area contributed by atoms with Crippen LogP contribution in [0.15, 0.2) is 38.2 Å². The molecule has 1 aromatic heterocycles. The van der Waals surface area contributed by atoms with Crippen molar-refractivity contribution in [2.24, 2.45) is 5.92 Å². The van der Waals surface area contributed by atoms with E-state index in [0.29, 0.717) is 24.7 Å². The number of benzene rings is 1. The Hall–Kier alpha value is -0.940. The van der Waals surface area contributed by atoms with Gasteiger partial charge >= 0.3 is 5.97 Å². The number of ether oxygens (including phenoxy) is 1. The Labute approximate surface area is 156 Å². The summed E-state index contributed by atoms with van der Waals surface area (Å²) >= 11 is 5.21. The molecular formula is C19H25BrO3S. The summed E-state index contributed by atoms with van der Waals surface area (Å²) in [5.74, 6) is 1.11. The number of unbranched alkanes of at least 4 members (excludes halogenated alkanes) is 1. The molecule has 0 saturated heterocycles. The first-order chi connectivity index (χ1) is 11.6. The number of carbonyl (C=O) groups excluding carboxylic acids is 1. The van der Waals surface area contributed by atoms with Gasteiger partial charge in [0.15, 0.2) is 0 Å². The van der Waals surface area contributed by atoms with E-state index in [0.717, 1.165) is 33.2 Å². The number of esters is 1. The fraction of sp³-hybridized carbons (Fsp3) is 0.526. The van der Waals surface area contributed by atoms with Gasteiger partial charge in [0.25, 0.3) is 0 Å². The van der Waals surface area contributed by atoms with Crippen molar-refractivity contribution in [3.8, 4) is 0 Å². The number of thioether (sulfide) groups is 1. The van der Waals surface area contributed by atoms with Crippen molar-refractivity contribution in [2.75, 3.05) is 12.4 Å². The van der Waals surface area contributed by atoms with Crippen LogP contribution in [0.4, 0.5) is 0 Å². The molecule has 0 aliphatic heterocycles. The van der Waals surface area contributed by atoms with Crippen molar-refractivity contribution < 1.29 is 13.9 Å². The van der Waals surface area contributed by atoms with E-state index in [1.807, 2.05) is 12.1 Å². The standard InChI is InChI=1S/C19H25BrO3S/c1-3-5-6-14(4-2)13-23-19(21)8-10-24-18-11-15-7-9-22-17(15)12-16(18)20/h7,9,11-12,14H,3-6,8,10,13H2,1-2H3. The summed E-state index contributed by atoms with van der Waals surface area (Å²) in [6.45, 7) is 4.91. The minimum absolute atomic E-state index is 0.0991. The number of halogens is 1. The zero-order valence-electron chi connectivity index (χ0n) is 14.3. The van der Waals surface area contributed by atoms with Crippen molar-refractivity contribution in [1.82, 2.24) is 0 Å². The molecule has 0 amide bonds. The highest BCUT2D eigenvalue weighted by molar-refractivity contribution is 9.10. The van der Waals surface area contributed by atoms with Crippen LogP contribution in [-0.2, 0) is 9.53 Å².